The van der Waals surface area contributed by atoms with Gasteiger partial charge in [0.25, 0.3) is 0 Å². The molecule has 3 aromatic rings. The van der Waals surface area contributed by atoms with Crippen molar-refractivity contribution < 1.29 is 18.0 Å². The number of nitrogens with one attached hydrogen (secondary N) is 1. The topological polar surface area (TPSA) is 75.9 Å². The van der Waals surface area contributed by atoms with E-state index < -0.39 is 12.2 Å². The SMILES string of the molecule is Cc1cc(-n2ncc3cc(CC(=O)NCC4CN(C(C)C(F)(F)F)C4)ncc32)ccn1. The van der Waals surface area contributed by atoms with Crippen LogP contribution in [0, 0.1) is 12.8 Å². The predicted octanol–water partition coefficient (Wildman–Crippen LogP) is 2.67. The van der Waals surface area contributed by atoms with Crippen molar-refractivity contribution in [2.45, 2.75) is 32.5 Å². The molecular weight excluding hydrogens is 409 g/mol. The van der Waals surface area contributed by atoms with E-state index in [1.165, 1.54) is 4.90 Å². The average molecular weight is 432 g/mol. The molecule has 0 bridgehead atoms. The second kappa shape index (κ2) is 8.26. The lowest BCUT2D eigenvalue weighted by Crippen LogP contribution is -2.58. The lowest BCUT2D eigenvalue weighted by molar-refractivity contribution is -0.193. The molecule has 1 aliphatic heterocycles. The number of pyridine rings is 2. The summed E-state index contributed by atoms with van der Waals surface area (Å²) in [5, 5.41) is 8.07. The molecule has 1 saturated heterocycles. The first-order chi connectivity index (χ1) is 14.7. The molecule has 0 saturated carbocycles. The number of nitrogens with zero attached hydrogens (tertiary/aromatic N) is 5. The van der Waals surface area contributed by atoms with Crippen LogP contribution in [0.1, 0.15) is 18.3 Å². The molecule has 1 unspecified atom stereocenters. The summed E-state index contributed by atoms with van der Waals surface area (Å²) in [7, 11) is 0. The number of aromatic nitrogens is 4. The van der Waals surface area contributed by atoms with Gasteiger partial charge < -0.3 is 5.32 Å². The molecule has 3 aromatic heterocycles. The Labute approximate surface area is 177 Å². The number of carbonyl (C=O) groups is 1. The summed E-state index contributed by atoms with van der Waals surface area (Å²) in [5.74, 6) is -0.169. The van der Waals surface area contributed by atoms with Crippen molar-refractivity contribution >= 4 is 16.8 Å². The van der Waals surface area contributed by atoms with Crippen molar-refractivity contribution in [1.82, 2.24) is 30.0 Å². The third-order valence-corrected chi connectivity index (χ3v) is 5.57. The Morgan fingerprint density at radius 1 is 1.26 bits per heavy atom. The van der Waals surface area contributed by atoms with Crippen LogP contribution in [0.3, 0.4) is 0 Å². The summed E-state index contributed by atoms with van der Waals surface area (Å²) in [6.45, 7) is 4.09. The Bertz CT molecular complexity index is 1090. The lowest BCUT2D eigenvalue weighted by Gasteiger charge is -2.43. The molecule has 10 heteroatoms. The molecule has 1 fully saturated rings. The molecule has 1 N–H and O–H groups in total. The fourth-order valence-electron chi connectivity index (χ4n) is 3.68. The van der Waals surface area contributed by atoms with E-state index >= 15 is 0 Å². The number of hydrogen-bond donors (Lipinski definition) is 1. The first-order valence-corrected chi connectivity index (χ1v) is 10.0. The van der Waals surface area contributed by atoms with Gasteiger partial charge in [0, 0.05) is 42.8 Å². The Morgan fingerprint density at radius 2 is 2.03 bits per heavy atom. The highest BCUT2D eigenvalue weighted by Crippen LogP contribution is 2.29. The van der Waals surface area contributed by atoms with E-state index in [4.69, 9.17) is 0 Å². The van der Waals surface area contributed by atoms with Crippen LogP contribution in [0.15, 0.2) is 36.8 Å². The highest BCUT2D eigenvalue weighted by Gasteiger charge is 2.44. The van der Waals surface area contributed by atoms with Gasteiger partial charge in [0.15, 0.2) is 0 Å². The standard InChI is InChI=1S/C21H23F3N6O/c1-13-5-18(3-4-25-13)30-19-10-26-17(6-16(19)9-28-30)7-20(31)27-8-15-11-29(12-15)14(2)21(22,23)24/h3-6,9-10,14-15H,7-8,11-12H2,1-2H3,(H,27,31). The molecule has 1 aliphatic rings. The zero-order chi connectivity index (χ0) is 22.2. The number of alkyl halides is 3. The predicted molar refractivity (Wildman–Crippen MR) is 109 cm³/mol. The second-order valence-electron chi connectivity index (χ2n) is 7.96. The smallest absolute Gasteiger partial charge is 0.355 e. The van der Waals surface area contributed by atoms with Gasteiger partial charge >= 0.3 is 6.18 Å². The zero-order valence-electron chi connectivity index (χ0n) is 17.2. The number of carbonyl (C=O) groups excluding carboxylic acids is 1. The fourth-order valence-corrected chi connectivity index (χ4v) is 3.68. The molecule has 0 radical (unpaired) electrons. The fraction of sp³-hybridized carbons (Fsp3) is 0.429. The van der Waals surface area contributed by atoms with Gasteiger partial charge in [-0.05, 0) is 32.0 Å². The Balaban J connectivity index is 1.32. The first kappa shape index (κ1) is 21.2. The van der Waals surface area contributed by atoms with Gasteiger partial charge in [-0.1, -0.05) is 0 Å². The van der Waals surface area contributed by atoms with Gasteiger partial charge in [-0.25, -0.2) is 4.68 Å². The van der Waals surface area contributed by atoms with Crippen molar-refractivity contribution in [2.75, 3.05) is 19.6 Å². The van der Waals surface area contributed by atoms with Crippen LogP contribution in [-0.2, 0) is 11.2 Å². The number of aryl methyl sites for hydroxylation is 1. The molecule has 164 valence electrons. The molecule has 4 heterocycles. The molecule has 7 nitrogen and oxygen atoms in total. The van der Waals surface area contributed by atoms with Crippen LogP contribution >= 0.6 is 0 Å². The van der Waals surface area contributed by atoms with Gasteiger partial charge in [0.05, 0.1) is 35.7 Å². The number of rotatable bonds is 6. The van der Waals surface area contributed by atoms with E-state index in [-0.39, 0.29) is 18.2 Å². The van der Waals surface area contributed by atoms with Crippen molar-refractivity contribution in [3.8, 4) is 5.69 Å². The van der Waals surface area contributed by atoms with E-state index in [2.05, 4.69) is 20.4 Å². The molecule has 31 heavy (non-hydrogen) atoms. The van der Waals surface area contributed by atoms with E-state index in [9.17, 15) is 18.0 Å². The van der Waals surface area contributed by atoms with E-state index in [0.717, 1.165) is 29.2 Å². The number of halogens is 3. The number of fused-ring (bicyclic) bond motifs is 1. The molecule has 1 amide bonds. The van der Waals surface area contributed by atoms with Gasteiger partial charge in [0.2, 0.25) is 5.91 Å². The zero-order valence-corrected chi connectivity index (χ0v) is 17.2. The third-order valence-electron chi connectivity index (χ3n) is 5.57. The largest absolute Gasteiger partial charge is 0.403 e. The van der Waals surface area contributed by atoms with Crippen LogP contribution in [0.2, 0.25) is 0 Å². The van der Waals surface area contributed by atoms with Crippen LogP contribution < -0.4 is 5.32 Å². The van der Waals surface area contributed by atoms with Crippen molar-refractivity contribution in [2.24, 2.45) is 5.92 Å². The Hall–Kier alpha value is -3.01. The number of amides is 1. The minimum absolute atomic E-state index is 0.0336. The van der Waals surface area contributed by atoms with Gasteiger partial charge in [-0.3, -0.25) is 19.7 Å². The van der Waals surface area contributed by atoms with Crippen LogP contribution in [0.5, 0.6) is 0 Å². The maximum atomic E-state index is 12.7. The molecule has 1 atom stereocenters. The summed E-state index contributed by atoms with van der Waals surface area (Å²) in [5.41, 5.74) is 3.19. The maximum absolute atomic E-state index is 12.7. The van der Waals surface area contributed by atoms with Crippen molar-refractivity contribution in [3.05, 3.63) is 48.2 Å². The van der Waals surface area contributed by atoms with Gasteiger partial charge in [-0.2, -0.15) is 18.3 Å². The molecule has 0 spiro atoms. The highest BCUT2D eigenvalue weighted by atomic mass is 19.4. The van der Waals surface area contributed by atoms with Crippen molar-refractivity contribution in [3.63, 3.8) is 0 Å². The molecule has 0 aromatic carbocycles. The monoisotopic (exact) mass is 432 g/mol. The van der Waals surface area contributed by atoms with Crippen LogP contribution in [0.25, 0.3) is 16.6 Å². The summed E-state index contributed by atoms with van der Waals surface area (Å²) in [4.78, 5) is 22.2. The summed E-state index contributed by atoms with van der Waals surface area (Å²) >= 11 is 0. The second-order valence-corrected chi connectivity index (χ2v) is 7.96. The Morgan fingerprint density at radius 3 is 2.74 bits per heavy atom. The van der Waals surface area contributed by atoms with Gasteiger partial charge in [0.1, 0.15) is 6.04 Å². The number of hydrogen-bond acceptors (Lipinski definition) is 5. The quantitative estimate of drug-likeness (QED) is 0.648. The number of likely N-dealkylation sites (tertiary alicyclic amines) is 1. The highest BCUT2D eigenvalue weighted by molar-refractivity contribution is 5.82. The minimum Gasteiger partial charge on any atom is -0.355 e. The summed E-state index contributed by atoms with van der Waals surface area (Å²) < 4.78 is 39.9. The average Bonchev–Trinajstić information content (AvgIpc) is 3.09. The van der Waals surface area contributed by atoms with E-state index in [1.54, 1.807) is 23.3 Å². The molecule has 0 aliphatic carbocycles. The normalized spacial score (nSPS) is 16.3. The van der Waals surface area contributed by atoms with Crippen molar-refractivity contribution in [1.29, 1.82) is 0 Å². The van der Waals surface area contributed by atoms with E-state index in [0.29, 0.717) is 25.3 Å². The molecule has 4 rings (SSSR count). The summed E-state index contributed by atoms with van der Waals surface area (Å²) in [6.07, 6.45) is 1.00. The third kappa shape index (κ3) is 4.68. The molecular formula is C21H23F3N6O. The minimum atomic E-state index is -4.22. The van der Waals surface area contributed by atoms with E-state index in [1.807, 2.05) is 25.1 Å². The van der Waals surface area contributed by atoms with Gasteiger partial charge in [-0.15, -0.1) is 0 Å². The Kier molecular flexibility index (Phi) is 5.65. The van der Waals surface area contributed by atoms with Crippen LogP contribution in [-0.4, -0.2) is 62.4 Å². The lowest BCUT2D eigenvalue weighted by atomic mass is 9.97. The van der Waals surface area contributed by atoms with Crippen LogP contribution in [0.4, 0.5) is 13.2 Å². The first-order valence-electron chi connectivity index (χ1n) is 10.0. The maximum Gasteiger partial charge on any atom is 0.403 e. The summed E-state index contributed by atoms with van der Waals surface area (Å²) in [6, 6.07) is 4.15.